The van der Waals surface area contributed by atoms with Crippen molar-refractivity contribution in [3.8, 4) is 0 Å². The normalized spacial score (nSPS) is 14.9. The van der Waals surface area contributed by atoms with Gasteiger partial charge in [0.05, 0.1) is 24.9 Å². The van der Waals surface area contributed by atoms with Crippen LogP contribution in [0, 0.1) is 0 Å². The van der Waals surface area contributed by atoms with Crippen LogP contribution < -0.4 is 10.2 Å². The SMILES string of the molecule is CCOC(=O)Cc1cncc(N2CCC(=O)NC2=O)c1. The molecule has 1 saturated heterocycles. The summed E-state index contributed by atoms with van der Waals surface area (Å²) in [6.07, 6.45) is 3.41. The van der Waals surface area contributed by atoms with Gasteiger partial charge in [0.15, 0.2) is 0 Å². The second kappa shape index (κ2) is 6.14. The Labute approximate surface area is 115 Å². The molecule has 1 fully saturated rings. The number of ether oxygens (including phenoxy) is 1. The van der Waals surface area contributed by atoms with Gasteiger partial charge in [-0.1, -0.05) is 0 Å². The number of imide groups is 1. The third kappa shape index (κ3) is 3.31. The third-order valence-corrected chi connectivity index (χ3v) is 2.80. The van der Waals surface area contributed by atoms with E-state index in [1.807, 2.05) is 0 Å². The zero-order valence-electron chi connectivity index (χ0n) is 11.1. The number of carbonyl (C=O) groups excluding carboxylic acids is 3. The number of amides is 3. The maximum atomic E-state index is 11.7. The number of nitrogens with zero attached hydrogens (tertiary/aromatic N) is 2. The summed E-state index contributed by atoms with van der Waals surface area (Å²) in [5, 5.41) is 2.24. The summed E-state index contributed by atoms with van der Waals surface area (Å²) in [6.45, 7) is 2.36. The molecule has 0 aromatic carbocycles. The topological polar surface area (TPSA) is 88.6 Å². The quantitative estimate of drug-likeness (QED) is 0.816. The highest BCUT2D eigenvalue weighted by Gasteiger charge is 2.24. The van der Waals surface area contributed by atoms with E-state index in [0.717, 1.165) is 0 Å². The molecule has 106 valence electrons. The van der Waals surface area contributed by atoms with Crippen molar-refractivity contribution in [3.05, 3.63) is 24.0 Å². The smallest absolute Gasteiger partial charge is 0.328 e. The molecular weight excluding hydrogens is 262 g/mol. The monoisotopic (exact) mass is 277 g/mol. The van der Waals surface area contributed by atoms with Crippen LogP contribution in [0.15, 0.2) is 18.5 Å². The van der Waals surface area contributed by atoms with Gasteiger partial charge in [0.25, 0.3) is 0 Å². The van der Waals surface area contributed by atoms with E-state index in [1.54, 1.807) is 19.2 Å². The number of hydrogen-bond acceptors (Lipinski definition) is 5. The maximum absolute atomic E-state index is 11.7. The number of carbonyl (C=O) groups is 3. The molecule has 2 rings (SSSR count). The summed E-state index contributed by atoms with van der Waals surface area (Å²) in [5.41, 5.74) is 1.21. The molecule has 0 unspecified atom stereocenters. The van der Waals surface area contributed by atoms with Crippen LogP contribution in [0.2, 0.25) is 0 Å². The van der Waals surface area contributed by atoms with Gasteiger partial charge in [0.2, 0.25) is 5.91 Å². The number of nitrogens with one attached hydrogen (secondary N) is 1. The van der Waals surface area contributed by atoms with Gasteiger partial charge in [-0.15, -0.1) is 0 Å². The van der Waals surface area contributed by atoms with E-state index >= 15 is 0 Å². The first-order chi connectivity index (χ1) is 9.60. The lowest BCUT2D eigenvalue weighted by atomic mass is 10.2. The molecule has 1 aliphatic heterocycles. The molecule has 0 atom stereocenters. The first-order valence-corrected chi connectivity index (χ1v) is 6.31. The minimum absolute atomic E-state index is 0.100. The Bertz CT molecular complexity index is 544. The third-order valence-electron chi connectivity index (χ3n) is 2.80. The fraction of sp³-hybridized carbons (Fsp3) is 0.385. The lowest BCUT2D eigenvalue weighted by Gasteiger charge is -2.26. The van der Waals surface area contributed by atoms with Gasteiger partial charge in [-0.3, -0.25) is 24.8 Å². The fourth-order valence-electron chi connectivity index (χ4n) is 1.91. The molecule has 7 heteroatoms. The molecule has 1 N–H and O–H groups in total. The zero-order chi connectivity index (χ0) is 14.5. The molecule has 3 amide bonds. The van der Waals surface area contributed by atoms with Crippen LogP contribution in [0.25, 0.3) is 0 Å². The Hall–Kier alpha value is -2.44. The molecule has 20 heavy (non-hydrogen) atoms. The molecule has 7 nitrogen and oxygen atoms in total. The number of hydrogen-bond donors (Lipinski definition) is 1. The summed E-state index contributed by atoms with van der Waals surface area (Å²) in [4.78, 5) is 39.7. The number of rotatable bonds is 4. The van der Waals surface area contributed by atoms with E-state index in [-0.39, 0.29) is 24.7 Å². The highest BCUT2D eigenvalue weighted by Crippen LogP contribution is 2.17. The van der Waals surface area contributed by atoms with Crippen molar-refractivity contribution in [3.63, 3.8) is 0 Å². The lowest BCUT2D eigenvalue weighted by Crippen LogP contribution is -2.49. The molecule has 0 bridgehead atoms. The van der Waals surface area contributed by atoms with Crippen molar-refractivity contribution >= 4 is 23.6 Å². The Morgan fingerprint density at radius 2 is 2.25 bits per heavy atom. The van der Waals surface area contributed by atoms with Crippen molar-refractivity contribution in [2.75, 3.05) is 18.1 Å². The first-order valence-electron chi connectivity index (χ1n) is 6.31. The average Bonchev–Trinajstić information content (AvgIpc) is 2.39. The highest BCUT2D eigenvalue weighted by molar-refractivity contribution is 6.05. The number of urea groups is 1. The van der Waals surface area contributed by atoms with E-state index in [1.165, 1.54) is 11.1 Å². The van der Waals surface area contributed by atoms with Gasteiger partial charge in [-0.2, -0.15) is 0 Å². The van der Waals surface area contributed by atoms with Crippen LogP contribution in [0.4, 0.5) is 10.5 Å². The van der Waals surface area contributed by atoms with E-state index in [0.29, 0.717) is 24.4 Å². The van der Waals surface area contributed by atoms with Crippen LogP contribution in [0.3, 0.4) is 0 Å². The second-order valence-electron chi connectivity index (χ2n) is 4.29. The minimum atomic E-state index is -0.476. The maximum Gasteiger partial charge on any atom is 0.328 e. The van der Waals surface area contributed by atoms with Gasteiger partial charge >= 0.3 is 12.0 Å². The molecule has 0 radical (unpaired) electrons. The highest BCUT2D eigenvalue weighted by atomic mass is 16.5. The van der Waals surface area contributed by atoms with Gasteiger partial charge in [-0.05, 0) is 18.6 Å². The van der Waals surface area contributed by atoms with E-state index in [9.17, 15) is 14.4 Å². The van der Waals surface area contributed by atoms with Crippen LogP contribution >= 0.6 is 0 Å². The largest absolute Gasteiger partial charge is 0.466 e. The van der Waals surface area contributed by atoms with Gasteiger partial charge in [0, 0.05) is 19.2 Å². The zero-order valence-corrected chi connectivity index (χ0v) is 11.1. The van der Waals surface area contributed by atoms with Gasteiger partial charge in [0.1, 0.15) is 0 Å². The average molecular weight is 277 g/mol. The van der Waals surface area contributed by atoms with Crippen LogP contribution in [-0.4, -0.2) is 36.0 Å². The van der Waals surface area contributed by atoms with Gasteiger partial charge < -0.3 is 4.74 Å². The summed E-state index contributed by atoms with van der Waals surface area (Å²) in [5.74, 6) is -0.633. The molecule has 2 heterocycles. The Balaban J connectivity index is 2.11. The van der Waals surface area contributed by atoms with Crippen molar-refractivity contribution in [1.82, 2.24) is 10.3 Å². The molecule has 1 aliphatic rings. The Kier molecular flexibility index (Phi) is 4.29. The number of aromatic nitrogens is 1. The molecular formula is C13H15N3O4. The summed E-state index contributed by atoms with van der Waals surface area (Å²) >= 11 is 0. The number of anilines is 1. The van der Waals surface area contributed by atoms with Crippen LogP contribution in [0.5, 0.6) is 0 Å². The van der Waals surface area contributed by atoms with Crippen LogP contribution in [-0.2, 0) is 20.7 Å². The van der Waals surface area contributed by atoms with Crippen molar-refractivity contribution < 1.29 is 19.1 Å². The first kappa shape index (κ1) is 14.0. The second-order valence-corrected chi connectivity index (χ2v) is 4.29. The minimum Gasteiger partial charge on any atom is -0.466 e. The predicted molar refractivity (Wildman–Crippen MR) is 70.1 cm³/mol. The van der Waals surface area contributed by atoms with Gasteiger partial charge in [-0.25, -0.2) is 4.79 Å². The summed E-state index contributed by atoms with van der Waals surface area (Å²) in [7, 11) is 0. The number of pyridine rings is 1. The van der Waals surface area contributed by atoms with Crippen molar-refractivity contribution in [2.24, 2.45) is 0 Å². The fourth-order valence-corrected chi connectivity index (χ4v) is 1.91. The van der Waals surface area contributed by atoms with E-state index < -0.39 is 6.03 Å². The summed E-state index contributed by atoms with van der Waals surface area (Å²) < 4.78 is 4.86. The standard InChI is InChI=1S/C13H15N3O4/c1-2-20-12(18)6-9-5-10(8-14-7-9)16-4-3-11(17)15-13(16)19/h5,7-8H,2-4,6H2,1H3,(H,15,17,19). The Morgan fingerprint density at radius 1 is 1.45 bits per heavy atom. The molecule has 1 aromatic heterocycles. The molecule has 0 saturated carbocycles. The van der Waals surface area contributed by atoms with E-state index in [4.69, 9.17) is 4.74 Å². The summed E-state index contributed by atoms with van der Waals surface area (Å²) in [6, 6.07) is 1.22. The van der Waals surface area contributed by atoms with Crippen molar-refractivity contribution in [2.45, 2.75) is 19.8 Å². The van der Waals surface area contributed by atoms with E-state index in [2.05, 4.69) is 10.3 Å². The molecule has 0 spiro atoms. The molecule has 1 aromatic rings. The predicted octanol–water partition coefficient (Wildman–Crippen LogP) is 0.633. The molecule has 0 aliphatic carbocycles. The van der Waals surface area contributed by atoms with Crippen LogP contribution in [0.1, 0.15) is 18.9 Å². The number of esters is 1. The lowest BCUT2D eigenvalue weighted by molar-refractivity contribution is -0.142. The van der Waals surface area contributed by atoms with Crippen molar-refractivity contribution in [1.29, 1.82) is 0 Å². The Morgan fingerprint density at radius 3 is 2.95 bits per heavy atom.